The van der Waals surface area contributed by atoms with Gasteiger partial charge in [0.1, 0.15) is 18.4 Å². The third-order valence-corrected chi connectivity index (χ3v) is 8.25. The van der Waals surface area contributed by atoms with Crippen molar-refractivity contribution >= 4 is 50.7 Å². The van der Waals surface area contributed by atoms with Crippen molar-refractivity contribution in [3.05, 3.63) is 93.7 Å². The van der Waals surface area contributed by atoms with E-state index in [2.05, 4.69) is 5.32 Å². The molecule has 0 aliphatic carbocycles. The molecule has 0 aromatic heterocycles. The molecule has 202 valence electrons. The van der Waals surface area contributed by atoms with Crippen molar-refractivity contribution in [2.75, 3.05) is 17.4 Å². The Morgan fingerprint density at radius 2 is 1.63 bits per heavy atom. The summed E-state index contributed by atoms with van der Waals surface area (Å²) in [5.74, 6) is -1.63. The summed E-state index contributed by atoms with van der Waals surface area (Å²) in [4.78, 5) is 27.7. The summed E-state index contributed by atoms with van der Waals surface area (Å²) in [6, 6.07) is 14.8. The third kappa shape index (κ3) is 7.03. The van der Waals surface area contributed by atoms with E-state index in [-0.39, 0.29) is 17.1 Å². The molecule has 3 aromatic rings. The van der Waals surface area contributed by atoms with Gasteiger partial charge in [-0.25, -0.2) is 12.8 Å². The fraction of sp³-hybridized carbons (Fsp3) is 0.259. The monoisotopic (exact) mass is 579 g/mol. The molecule has 0 heterocycles. The van der Waals surface area contributed by atoms with E-state index in [1.54, 1.807) is 38.1 Å². The number of halogens is 3. The number of benzene rings is 3. The minimum absolute atomic E-state index is 0.0377. The Labute approximate surface area is 232 Å². The summed E-state index contributed by atoms with van der Waals surface area (Å²) >= 11 is 12.3. The van der Waals surface area contributed by atoms with E-state index >= 15 is 0 Å². The Balaban J connectivity index is 2.04. The molecule has 0 fully saturated rings. The van der Waals surface area contributed by atoms with Crippen LogP contribution in [-0.2, 0) is 26.2 Å². The lowest BCUT2D eigenvalue weighted by Gasteiger charge is -2.32. The Morgan fingerprint density at radius 1 is 1.00 bits per heavy atom. The second kappa shape index (κ2) is 12.6. The largest absolute Gasteiger partial charge is 0.355 e. The molecule has 2 amide bonds. The second-order valence-corrected chi connectivity index (χ2v) is 11.3. The quantitative estimate of drug-likeness (QED) is 0.358. The predicted octanol–water partition coefficient (Wildman–Crippen LogP) is 5.19. The summed E-state index contributed by atoms with van der Waals surface area (Å²) in [5, 5.41) is 3.38. The van der Waals surface area contributed by atoms with Gasteiger partial charge >= 0.3 is 0 Å². The van der Waals surface area contributed by atoms with Gasteiger partial charge in [0, 0.05) is 23.1 Å². The van der Waals surface area contributed by atoms with Crippen LogP contribution in [-0.4, -0.2) is 44.3 Å². The minimum atomic E-state index is -4.24. The molecule has 0 aliphatic heterocycles. The number of hydrogen-bond donors (Lipinski definition) is 1. The molecule has 0 unspecified atom stereocenters. The molecule has 1 N–H and O–H groups in total. The van der Waals surface area contributed by atoms with Gasteiger partial charge in [0.25, 0.3) is 10.0 Å². The van der Waals surface area contributed by atoms with Crippen LogP contribution in [0.15, 0.2) is 71.6 Å². The first kappa shape index (κ1) is 29.4. The number of nitrogens with one attached hydrogen (secondary N) is 1. The number of sulfonamides is 1. The zero-order chi connectivity index (χ0) is 28.0. The topological polar surface area (TPSA) is 86.8 Å². The van der Waals surface area contributed by atoms with Crippen molar-refractivity contribution in [2.45, 2.75) is 38.3 Å². The molecule has 0 saturated carbocycles. The number of amides is 2. The fourth-order valence-corrected chi connectivity index (χ4v) is 5.59. The van der Waals surface area contributed by atoms with Crippen LogP contribution in [0.4, 0.5) is 10.1 Å². The number of hydrogen-bond acceptors (Lipinski definition) is 4. The van der Waals surface area contributed by atoms with Gasteiger partial charge in [0.15, 0.2) is 0 Å². The van der Waals surface area contributed by atoms with Crippen LogP contribution in [0.3, 0.4) is 0 Å². The van der Waals surface area contributed by atoms with Gasteiger partial charge < -0.3 is 10.2 Å². The lowest BCUT2D eigenvalue weighted by atomic mass is 10.1. The number of carbonyl (C=O) groups is 2. The molecule has 3 aromatic carbocycles. The Bertz CT molecular complexity index is 1400. The molecular weight excluding hydrogens is 552 g/mol. The van der Waals surface area contributed by atoms with E-state index in [4.69, 9.17) is 23.2 Å². The maximum absolute atomic E-state index is 13.8. The van der Waals surface area contributed by atoms with Crippen LogP contribution in [0.25, 0.3) is 0 Å². The standard InChI is InChI=1S/C27H28Cl2FN3O4S/c1-4-31-27(35)19(3)32(16-20-7-8-21(28)15-25(20)29)26(34)17-33(23-11-9-22(30)10-12-23)38(36,37)24-13-5-18(2)6-14-24/h5-15,19H,4,16-17H2,1-3H3,(H,31,35)/t19-/m1/s1. The van der Waals surface area contributed by atoms with E-state index in [1.165, 1.54) is 35.2 Å². The van der Waals surface area contributed by atoms with Crippen molar-refractivity contribution in [3.8, 4) is 0 Å². The maximum atomic E-state index is 13.8. The summed E-state index contributed by atoms with van der Waals surface area (Å²) < 4.78 is 42.0. The smallest absolute Gasteiger partial charge is 0.264 e. The van der Waals surface area contributed by atoms with Crippen LogP contribution < -0.4 is 9.62 Å². The molecule has 11 heteroatoms. The zero-order valence-electron chi connectivity index (χ0n) is 21.1. The van der Waals surface area contributed by atoms with Crippen molar-refractivity contribution in [3.63, 3.8) is 0 Å². The summed E-state index contributed by atoms with van der Waals surface area (Å²) in [6.07, 6.45) is 0. The first-order valence-corrected chi connectivity index (χ1v) is 14.0. The number of aryl methyl sites for hydroxylation is 1. The molecule has 0 radical (unpaired) electrons. The molecule has 7 nitrogen and oxygen atoms in total. The van der Waals surface area contributed by atoms with Crippen LogP contribution in [0.2, 0.25) is 10.0 Å². The van der Waals surface area contributed by atoms with Crippen LogP contribution in [0.1, 0.15) is 25.0 Å². The Kier molecular flexibility index (Phi) is 9.76. The highest BCUT2D eigenvalue weighted by atomic mass is 35.5. The average molecular weight is 581 g/mol. The maximum Gasteiger partial charge on any atom is 0.264 e. The van der Waals surface area contributed by atoms with Gasteiger partial charge in [0.05, 0.1) is 10.6 Å². The molecule has 38 heavy (non-hydrogen) atoms. The number of nitrogens with zero attached hydrogens (tertiary/aromatic N) is 2. The SMILES string of the molecule is CCNC(=O)[C@@H](C)N(Cc1ccc(Cl)cc1Cl)C(=O)CN(c1ccc(F)cc1)S(=O)(=O)c1ccc(C)cc1. The number of carbonyl (C=O) groups excluding carboxylic acids is 2. The summed E-state index contributed by atoms with van der Waals surface area (Å²) in [6.45, 7) is 4.74. The molecule has 0 aliphatic rings. The number of rotatable bonds is 10. The van der Waals surface area contributed by atoms with E-state index in [0.717, 1.165) is 22.0 Å². The van der Waals surface area contributed by atoms with Crippen LogP contribution in [0.5, 0.6) is 0 Å². The molecule has 3 rings (SSSR count). The highest BCUT2D eigenvalue weighted by Crippen LogP contribution is 2.27. The summed E-state index contributed by atoms with van der Waals surface area (Å²) in [5.41, 5.74) is 1.47. The van der Waals surface area contributed by atoms with E-state index in [0.29, 0.717) is 22.2 Å². The van der Waals surface area contributed by atoms with Gasteiger partial charge in [-0.1, -0.05) is 47.0 Å². The predicted molar refractivity (Wildman–Crippen MR) is 147 cm³/mol. The Morgan fingerprint density at radius 3 is 2.21 bits per heavy atom. The molecule has 0 saturated heterocycles. The average Bonchev–Trinajstić information content (AvgIpc) is 2.87. The highest BCUT2D eigenvalue weighted by Gasteiger charge is 2.32. The van der Waals surface area contributed by atoms with Gasteiger partial charge in [-0.05, 0) is 74.9 Å². The Hall–Kier alpha value is -3.14. The number of anilines is 1. The molecule has 1 atom stereocenters. The molecular formula is C27H28Cl2FN3O4S. The molecule has 0 bridgehead atoms. The van der Waals surface area contributed by atoms with Gasteiger partial charge in [-0.2, -0.15) is 0 Å². The van der Waals surface area contributed by atoms with Crippen molar-refractivity contribution in [1.82, 2.24) is 10.2 Å². The molecule has 0 spiro atoms. The van der Waals surface area contributed by atoms with E-state index < -0.39 is 40.2 Å². The third-order valence-electron chi connectivity index (χ3n) is 5.88. The first-order valence-electron chi connectivity index (χ1n) is 11.8. The van der Waals surface area contributed by atoms with E-state index in [9.17, 15) is 22.4 Å². The minimum Gasteiger partial charge on any atom is -0.355 e. The van der Waals surface area contributed by atoms with E-state index in [1.807, 2.05) is 6.92 Å². The normalized spacial score (nSPS) is 12.1. The van der Waals surface area contributed by atoms with Crippen molar-refractivity contribution < 1.29 is 22.4 Å². The lowest BCUT2D eigenvalue weighted by molar-refractivity contribution is -0.139. The van der Waals surface area contributed by atoms with Crippen LogP contribution >= 0.6 is 23.2 Å². The summed E-state index contributed by atoms with van der Waals surface area (Å²) in [7, 11) is -4.24. The number of likely N-dealkylation sites (N-methyl/N-ethyl adjacent to an activating group) is 1. The van der Waals surface area contributed by atoms with Gasteiger partial charge in [-0.15, -0.1) is 0 Å². The van der Waals surface area contributed by atoms with Gasteiger partial charge in [0.2, 0.25) is 11.8 Å². The first-order chi connectivity index (χ1) is 17.9. The lowest BCUT2D eigenvalue weighted by Crippen LogP contribution is -2.51. The second-order valence-electron chi connectivity index (χ2n) is 8.63. The van der Waals surface area contributed by atoms with Gasteiger partial charge in [-0.3, -0.25) is 13.9 Å². The highest BCUT2D eigenvalue weighted by molar-refractivity contribution is 7.92. The van der Waals surface area contributed by atoms with Crippen LogP contribution in [0, 0.1) is 12.7 Å². The van der Waals surface area contributed by atoms with Crippen molar-refractivity contribution in [1.29, 1.82) is 0 Å². The fourth-order valence-electron chi connectivity index (χ4n) is 3.71. The zero-order valence-corrected chi connectivity index (χ0v) is 23.4. The van der Waals surface area contributed by atoms with Crippen molar-refractivity contribution in [2.24, 2.45) is 0 Å².